The number of hydrogen-bond donors (Lipinski definition) is 3. The van der Waals surface area contributed by atoms with Gasteiger partial charge in [-0.25, -0.2) is 9.59 Å². The van der Waals surface area contributed by atoms with Crippen LogP contribution in [0.25, 0.3) is 0 Å². The van der Waals surface area contributed by atoms with Crippen LogP contribution in [0.15, 0.2) is 0 Å². The minimum atomic E-state index is -1.09. The molecule has 116 valence electrons. The van der Waals surface area contributed by atoms with E-state index in [0.717, 1.165) is 0 Å². The van der Waals surface area contributed by atoms with E-state index in [0.29, 0.717) is 6.42 Å². The Kier molecular flexibility index (Phi) is 7.02. The lowest BCUT2D eigenvalue weighted by Crippen LogP contribution is -2.48. The molecule has 0 aliphatic rings. The van der Waals surface area contributed by atoms with E-state index in [9.17, 15) is 14.4 Å². The monoisotopic (exact) mass is 288 g/mol. The minimum absolute atomic E-state index is 0.196. The summed E-state index contributed by atoms with van der Waals surface area (Å²) in [6.45, 7) is 8.36. The van der Waals surface area contributed by atoms with Crippen molar-refractivity contribution in [3.05, 3.63) is 0 Å². The van der Waals surface area contributed by atoms with Gasteiger partial charge >= 0.3 is 12.1 Å². The fourth-order valence-corrected chi connectivity index (χ4v) is 1.37. The molecule has 0 rings (SSSR count). The van der Waals surface area contributed by atoms with Crippen LogP contribution in [0, 0.1) is 5.92 Å². The molecule has 0 spiro atoms. The maximum atomic E-state index is 11.6. The molecule has 0 fully saturated rings. The molecule has 7 heteroatoms. The van der Waals surface area contributed by atoms with Crippen LogP contribution >= 0.6 is 0 Å². The van der Waals surface area contributed by atoms with Gasteiger partial charge in [-0.2, -0.15) is 0 Å². The normalized spacial score (nSPS) is 14.1. The van der Waals surface area contributed by atoms with Crippen LogP contribution in [0.2, 0.25) is 0 Å². The minimum Gasteiger partial charge on any atom is -0.480 e. The van der Waals surface area contributed by atoms with E-state index in [1.807, 2.05) is 6.92 Å². The Bertz CT molecular complexity index is 362. The number of amides is 2. The molecule has 0 bridgehead atoms. The van der Waals surface area contributed by atoms with E-state index in [4.69, 9.17) is 9.84 Å². The van der Waals surface area contributed by atoms with Crippen molar-refractivity contribution >= 4 is 18.0 Å². The molecule has 0 aliphatic carbocycles. The van der Waals surface area contributed by atoms with Gasteiger partial charge in [-0.1, -0.05) is 20.3 Å². The third-order valence-electron chi connectivity index (χ3n) is 2.59. The third kappa shape index (κ3) is 7.60. The average molecular weight is 288 g/mol. The number of carboxylic acids is 1. The van der Waals surface area contributed by atoms with Crippen LogP contribution in [0.1, 0.15) is 41.0 Å². The molecule has 20 heavy (non-hydrogen) atoms. The predicted octanol–water partition coefficient (Wildman–Crippen LogP) is 1.13. The number of carboxylic acid groups (broad SMARTS) is 1. The van der Waals surface area contributed by atoms with Crippen LogP contribution in [0.4, 0.5) is 4.79 Å². The molecule has 0 aromatic carbocycles. The van der Waals surface area contributed by atoms with Crippen molar-refractivity contribution in [2.45, 2.75) is 52.7 Å². The molecule has 0 radical (unpaired) electrons. The van der Waals surface area contributed by atoms with E-state index in [1.165, 1.54) is 0 Å². The van der Waals surface area contributed by atoms with E-state index in [-0.39, 0.29) is 12.5 Å². The van der Waals surface area contributed by atoms with Gasteiger partial charge < -0.3 is 20.5 Å². The number of carbonyl (C=O) groups excluding carboxylic acids is 2. The Hall–Kier alpha value is -1.79. The van der Waals surface area contributed by atoms with Gasteiger partial charge in [0.1, 0.15) is 18.2 Å². The van der Waals surface area contributed by atoms with Crippen molar-refractivity contribution < 1.29 is 24.2 Å². The fraction of sp³-hybridized carbons (Fsp3) is 0.769. The average Bonchev–Trinajstić information content (AvgIpc) is 2.30. The number of ether oxygens (including phenoxy) is 1. The molecule has 2 unspecified atom stereocenters. The summed E-state index contributed by atoms with van der Waals surface area (Å²) in [4.78, 5) is 34.0. The number of aliphatic carboxylic acids is 1. The topological polar surface area (TPSA) is 105 Å². The van der Waals surface area contributed by atoms with Crippen LogP contribution in [0.5, 0.6) is 0 Å². The highest BCUT2D eigenvalue weighted by molar-refractivity contribution is 5.86. The molecule has 0 saturated heterocycles. The molecule has 0 aromatic heterocycles. The van der Waals surface area contributed by atoms with Gasteiger partial charge in [0, 0.05) is 0 Å². The highest BCUT2D eigenvalue weighted by Gasteiger charge is 2.25. The van der Waals surface area contributed by atoms with Crippen LogP contribution in [-0.4, -0.2) is 41.3 Å². The van der Waals surface area contributed by atoms with E-state index >= 15 is 0 Å². The maximum absolute atomic E-state index is 11.6. The van der Waals surface area contributed by atoms with Crippen molar-refractivity contribution in [1.29, 1.82) is 0 Å². The lowest BCUT2D eigenvalue weighted by molar-refractivity contribution is -0.143. The molecular formula is C13H24N2O5. The number of hydrogen-bond acceptors (Lipinski definition) is 4. The molecule has 0 saturated carbocycles. The molecular weight excluding hydrogens is 264 g/mol. The maximum Gasteiger partial charge on any atom is 0.408 e. The Labute approximate surface area is 119 Å². The van der Waals surface area contributed by atoms with Crippen molar-refractivity contribution in [3.8, 4) is 0 Å². The Balaban J connectivity index is 4.28. The second-order valence-electron chi connectivity index (χ2n) is 5.62. The zero-order chi connectivity index (χ0) is 15.9. The highest BCUT2D eigenvalue weighted by Crippen LogP contribution is 2.08. The Morgan fingerprint density at radius 3 is 2.20 bits per heavy atom. The van der Waals surface area contributed by atoms with Crippen LogP contribution in [-0.2, 0) is 14.3 Å². The number of alkyl carbamates (subject to hydrolysis) is 1. The summed E-state index contributed by atoms with van der Waals surface area (Å²) >= 11 is 0. The summed E-state index contributed by atoms with van der Waals surface area (Å²) in [7, 11) is 0. The van der Waals surface area contributed by atoms with Gasteiger partial charge in [-0.15, -0.1) is 0 Å². The summed E-state index contributed by atoms with van der Waals surface area (Å²) in [6.07, 6.45) is -0.0976. The predicted molar refractivity (Wildman–Crippen MR) is 73.3 cm³/mol. The molecule has 0 aromatic rings. The van der Waals surface area contributed by atoms with Crippen LogP contribution in [0.3, 0.4) is 0 Å². The molecule has 0 heterocycles. The molecule has 2 amide bonds. The van der Waals surface area contributed by atoms with Gasteiger partial charge in [-0.3, -0.25) is 4.79 Å². The quantitative estimate of drug-likeness (QED) is 0.679. The third-order valence-corrected chi connectivity index (χ3v) is 2.59. The Morgan fingerprint density at radius 2 is 1.80 bits per heavy atom. The molecule has 3 N–H and O–H groups in total. The summed E-state index contributed by atoms with van der Waals surface area (Å²) in [5.41, 5.74) is -0.652. The summed E-state index contributed by atoms with van der Waals surface area (Å²) in [5.74, 6) is -1.86. The first-order valence-electron chi connectivity index (χ1n) is 6.55. The first-order chi connectivity index (χ1) is 9.06. The van der Waals surface area contributed by atoms with Gasteiger partial charge in [0.15, 0.2) is 0 Å². The highest BCUT2D eigenvalue weighted by atomic mass is 16.6. The zero-order valence-electron chi connectivity index (χ0n) is 12.6. The summed E-state index contributed by atoms with van der Waals surface area (Å²) in [6, 6.07) is -0.965. The molecule has 0 aliphatic heterocycles. The van der Waals surface area contributed by atoms with Crippen molar-refractivity contribution in [1.82, 2.24) is 10.6 Å². The summed E-state index contributed by atoms with van der Waals surface area (Å²) < 4.78 is 4.96. The fourth-order valence-electron chi connectivity index (χ4n) is 1.37. The molecule has 2 atom stereocenters. The van der Waals surface area contributed by atoms with Crippen molar-refractivity contribution in [3.63, 3.8) is 0 Å². The standard InChI is InChI=1S/C13H24N2O5/c1-6-8(2)10(11(17)18)15-9(16)7-14-12(19)20-13(3,4)5/h8,10H,6-7H2,1-5H3,(H,14,19)(H,15,16)(H,17,18). The number of carbonyl (C=O) groups is 3. The van der Waals surface area contributed by atoms with Gasteiger partial charge in [0.25, 0.3) is 0 Å². The Morgan fingerprint density at radius 1 is 1.25 bits per heavy atom. The SMILES string of the molecule is CCC(C)C(NC(=O)CNC(=O)OC(C)(C)C)C(=O)O. The van der Waals surface area contributed by atoms with E-state index < -0.39 is 29.6 Å². The van der Waals surface area contributed by atoms with Gasteiger partial charge in [-0.05, 0) is 26.7 Å². The van der Waals surface area contributed by atoms with Gasteiger partial charge in [0.05, 0.1) is 0 Å². The lowest BCUT2D eigenvalue weighted by atomic mass is 9.99. The van der Waals surface area contributed by atoms with E-state index in [2.05, 4.69) is 10.6 Å². The first-order valence-corrected chi connectivity index (χ1v) is 6.55. The number of rotatable bonds is 6. The zero-order valence-corrected chi connectivity index (χ0v) is 12.6. The molecule has 7 nitrogen and oxygen atoms in total. The van der Waals surface area contributed by atoms with E-state index in [1.54, 1.807) is 27.7 Å². The second-order valence-corrected chi connectivity index (χ2v) is 5.62. The summed E-state index contributed by atoms with van der Waals surface area (Å²) in [5, 5.41) is 13.7. The van der Waals surface area contributed by atoms with Crippen molar-refractivity contribution in [2.24, 2.45) is 5.92 Å². The lowest BCUT2D eigenvalue weighted by Gasteiger charge is -2.21. The first kappa shape index (κ1) is 18.2. The smallest absolute Gasteiger partial charge is 0.408 e. The number of nitrogens with one attached hydrogen (secondary N) is 2. The second kappa shape index (κ2) is 7.72. The van der Waals surface area contributed by atoms with Crippen molar-refractivity contribution in [2.75, 3.05) is 6.54 Å². The largest absolute Gasteiger partial charge is 0.480 e. The van der Waals surface area contributed by atoms with Gasteiger partial charge in [0.2, 0.25) is 5.91 Å². The van der Waals surface area contributed by atoms with Crippen LogP contribution < -0.4 is 10.6 Å².